The maximum atomic E-state index is 5.67. The van der Waals surface area contributed by atoms with Crippen LogP contribution in [0.1, 0.15) is 50.9 Å². The van der Waals surface area contributed by atoms with E-state index in [1.54, 1.807) is 0 Å². The van der Waals surface area contributed by atoms with Crippen molar-refractivity contribution in [1.29, 1.82) is 0 Å². The normalized spacial score (nSPS) is 19.2. The van der Waals surface area contributed by atoms with Gasteiger partial charge in [0.1, 0.15) is 5.76 Å². The van der Waals surface area contributed by atoms with Crippen molar-refractivity contribution in [3.05, 3.63) is 23.7 Å². The van der Waals surface area contributed by atoms with Gasteiger partial charge in [-0.1, -0.05) is 13.8 Å². The molecule has 0 aromatic carbocycles. The summed E-state index contributed by atoms with van der Waals surface area (Å²) in [6.45, 7) is 8.85. The average Bonchev–Trinajstić information content (AvgIpc) is 3.31. The highest BCUT2D eigenvalue weighted by Crippen LogP contribution is 2.34. The van der Waals surface area contributed by atoms with Crippen LogP contribution in [-0.2, 0) is 13.1 Å². The van der Waals surface area contributed by atoms with Gasteiger partial charge in [-0.15, -0.1) is 0 Å². The Hall–Kier alpha value is -0.800. The molecular formula is C17H28N2O. The van der Waals surface area contributed by atoms with Crippen LogP contribution < -0.4 is 5.32 Å². The van der Waals surface area contributed by atoms with Crippen molar-refractivity contribution in [3.8, 4) is 0 Å². The van der Waals surface area contributed by atoms with Gasteiger partial charge in [-0.05, 0) is 43.6 Å². The topological polar surface area (TPSA) is 28.4 Å². The minimum Gasteiger partial charge on any atom is -0.468 e. The third-order valence-electron chi connectivity index (χ3n) is 4.33. The molecule has 2 aliphatic carbocycles. The molecule has 1 aromatic heterocycles. The summed E-state index contributed by atoms with van der Waals surface area (Å²) in [5.41, 5.74) is 1.37. The third-order valence-corrected chi connectivity index (χ3v) is 4.33. The van der Waals surface area contributed by atoms with Crippen LogP contribution in [0.15, 0.2) is 16.7 Å². The van der Waals surface area contributed by atoms with Crippen molar-refractivity contribution in [3.63, 3.8) is 0 Å². The number of nitrogens with zero attached hydrogens (tertiary/aromatic N) is 1. The van der Waals surface area contributed by atoms with Gasteiger partial charge in [0.25, 0.3) is 0 Å². The first kappa shape index (κ1) is 14.2. The second-order valence-corrected chi connectivity index (χ2v) is 6.99. The van der Waals surface area contributed by atoms with E-state index in [0.717, 1.165) is 30.7 Å². The molecule has 0 bridgehead atoms. The van der Waals surface area contributed by atoms with Crippen molar-refractivity contribution in [2.75, 3.05) is 13.1 Å². The van der Waals surface area contributed by atoms with E-state index in [-0.39, 0.29) is 0 Å². The maximum Gasteiger partial charge on any atom is 0.122 e. The van der Waals surface area contributed by atoms with Crippen LogP contribution >= 0.6 is 0 Å². The summed E-state index contributed by atoms with van der Waals surface area (Å²) in [7, 11) is 0. The molecule has 0 radical (unpaired) electrons. The Bertz CT molecular complexity index is 404. The number of nitrogens with one attached hydrogen (secondary N) is 1. The lowest BCUT2D eigenvalue weighted by Gasteiger charge is -2.22. The smallest absolute Gasteiger partial charge is 0.122 e. The molecule has 0 atom stereocenters. The van der Waals surface area contributed by atoms with Crippen molar-refractivity contribution in [2.45, 2.75) is 58.7 Å². The summed E-state index contributed by atoms with van der Waals surface area (Å²) in [4.78, 5) is 2.67. The van der Waals surface area contributed by atoms with E-state index in [9.17, 15) is 0 Å². The summed E-state index contributed by atoms with van der Waals surface area (Å²) in [6, 6.07) is 2.66. The Morgan fingerprint density at radius 3 is 2.40 bits per heavy atom. The molecular weight excluding hydrogens is 248 g/mol. The van der Waals surface area contributed by atoms with E-state index in [1.807, 2.05) is 6.26 Å². The molecule has 0 amide bonds. The van der Waals surface area contributed by atoms with E-state index < -0.39 is 0 Å². The van der Waals surface area contributed by atoms with Crippen LogP contribution in [0.2, 0.25) is 0 Å². The Labute approximate surface area is 122 Å². The van der Waals surface area contributed by atoms with Gasteiger partial charge in [0, 0.05) is 31.2 Å². The van der Waals surface area contributed by atoms with Gasteiger partial charge in [-0.3, -0.25) is 4.90 Å². The molecule has 1 N–H and O–H groups in total. The molecule has 0 spiro atoms. The fourth-order valence-corrected chi connectivity index (χ4v) is 2.74. The lowest BCUT2D eigenvalue weighted by molar-refractivity contribution is 0.242. The summed E-state index contributed by atoms with van der Waals surface area (Å²) in [6.07, 6.45) is 7.60. The fraction of sp³-hybridized carbons (Fsp3) is 0.765. The van der Waals surface area contributed by atoms with Crippen molar-refractivity contribution >= 4 is 0 Å². The Morgan fingerprint density at radius 2 is 1.85 bits per heavy atom. The lowest BCUT2D eigenvalue weighted by Crippen LogP contribution is -2.29. The zero-order valence-corrected chi connectivity index (χ0v) is 12.9. The molecule has 1 heterocycles. The van der Waals surface area contributed by atoms with Crippen LogP contribution in [0.5, 0.6) is 0 Å². The van der Waals surface area contributed by atoms with Crippen LogP contribution in [0, 0.1) is 11.8 Å². The molecule has 2 saturated carbocycles. The highest BCUT2D eigenvalue weighted by molar-refractivity contribution is 5.17. The highest BCUT2D eigenvalue weighted by Gasteiger charge is 2.29. The molecule has 2 fully saturated rings. The monoisotopic (exact) mass is 276 g/mol. The second kappa shape index (κ2) is 6.31. The molecule has 20 heavy (non-hydrogen) atoms. The third kappa shape index (κ3) is 4.35. The molecule has 2 aliphatic rings. The minimum absolute atomic E-state index is 0.502. The van der Waals surface area contributed by atoms with E-state index >= 15 is 0 Å². The van der Waals surface area contributed by atoms with Crippen molar-refractivity contribution in [2.24, 2.45) is 11.8 Å². The van der Waals surface area contributed by atoms with E-state index in [0.29, 0.717) is 6.04 Å². The van der Waals surface area contributed by atoms with Crippen LogP contribution in [-0.4, -0.2) is 24.0 Å². The molecule has 112 valence electrons. The number of furan rings is 1. The second-order valence-electron chi connectivity index (χ2n) is 6.99. The quantitative estimate of drug-likeness (QED) is 0.749. The van der Waals surface area contributed by atoms with Gasteiger partial charge in [0.2, 0.25) is 0 Å². The molecule has 1 aromatic rings. The summed E-state index contributed by atoms with van der Waals surface area (Å²) in [5, 5.41) is 3.46. The van der Waals surface area contributed by atoms with Gasteiger partial charge >= 0.3 is 0 Å². The number of rotatable bonds is 9. The summed E-state index contributed by atoms with van der Waals surface area (Å²) >= 11 is 0. The van der Waals surface area contributed by atoms with Gasteiger partial charge in [-0.2, -0.15) is 0 Å². The molecule has 3 heteroatoms. The highest BCUT2D eigenvalue weighted by atomic mass is 16.3. The van der Waals surface area contributed by atoms with Crippen molar-refractivity contribution in [1.82, 2.24) is 10.2 Å². The molecule has 0 aliphatic heterocycles. The predicted octanol–water partition coefficient (Wildman–Crippen LogP) is 3.40. The largest absolute Gasteiger partial charge is 0.468 e. The molecule has 3 rings (SSSR count). The van der Waals surface area contributed by atoms with Crippen LogP contribution in [0.3, 0.4) is 0 Å². The summed E-state index contributed by atoms with van der Waals surface area (Å²) in [5.74, 6) is 3.06. The standard InChI is InChI=1S/C17H28N2O/c1-13(2)18-9-17-16(7-8-20-17)12-19(10-14-3-4-14)11-15-5-6-15/h7-8,13-15,18H,3-6,9-12H2,1-2H3. The number of hydrogen-bond acceptors (Lipinski definition) is 3. The van der Waals surface area contributed by atoms with Gasteiger partial charge < -0.3 is 9.73 Å². The fourth-order valence-electron chi connectivity index (χ4n) is 2.74. The van der Waals surface area contributed by atoms with E-state index in [1.165, 1.54) is 44.3 Å². The molecule has 0 unspecified atom stereocenters. The first-order valence-electron chi connectivity index (χ1n) is 8.21. The molecule has 0 saturated heterocycles. The lowest BCUT2D eigenvalue weighted by atomic mass is 10.2. The Balaban J connectivity index is 1.56. The Kier molecular flexibility index (Phi) is 4.47. The van der Waals surface area contributed by atoms with Crippen LogP contribution in [0.25, 0.3) is 0 Å². The number of hydrogen-bond donors (Lipinski definition) is 1. The molecule has 3 nitrogen and oxygen atoms in total. The average molecular weight is 276 g/mol. The zero-order valence-electron chi connectivity index (χ0n) is 12.9. The van der Waals surface area contributed by atoms with Gasteiger partial charge in [0.15, 0.2) is 0 Å². The van der Waals surface area contributed by atoms with Gasteiger partial charge in [-0.25, -0.2) is 0 Å². The maximum absolute atomic E-state index is 5.67. The SMILES string of the molecule is CC(C)NCc1occc1CN(CC1CC1)CC1CC1. The Morgan fingerprint density at radius 1 is 1.20 bits per heavy atom. The van der Waals surface area contributed by atoms with Crippen molar-refractivity contribution < 1.29 is 4.42 Å². The van der Waals surface area contributed by atoms with Crippen LogP contribution in [0.4, 0.5) is 0 Å². The summed E-state index contributed by atoms with van der Waals surface area (Å²) < 4.78 is 5.67. The van der Waals surface area contributed by atoms with Gasteiger partial charge in [0.05, 0.1) is 12.8 Å². The van der Waals surface area contributed by atoms with E-state index in [4.69, 9.17) is 4.42 Å². The van der Waals surface area contributed by atoms with E-state index in [2.05, 4.69) is 30.1 Å². The zero-order chi connectivity index (χ0) is 13.9. The minimum atomic E-state index is 0.502. The predicted molar refractivity (Wildman–Crippen MR) is 81.4 cm³/mol. The first-order valence-corrected chi connectivity index (χ1v) is 8.21. The first-order chi connectivity index (χ1) is 9.70.